The fraction of sp³-hybridized carbons (Fsp3) is 0.526. The monoisotopic (exact) mass is 330 g/mol. The molecule has 2 aromatic rings. The Balaban J connectivity index is 1.76. The first-order valence-electron chi connectivity index (χ1n) is 8.65. The summed E-state index contributed by atoms with van der Waals surface area (Å²) in [4.78, 5) is 2.46. The molecule has 5 heteroatoms. The van der Waals surface area contributed by atoms with Gasteiger partial charge in [0.15, 0.2) is 0 Å². The van der Waals surface area contributed by atoms with E-state index in [4.69, 9.17) is 14.0 Å². The van der Waals surface area contributed by atoms with Gasteiger partial charge < -0.3 is 14.0 Å². The van der Waals surface area contributed by atoms with Crippen LogP contribution in [0.3, 0.4) is 0 Å². The third-order valence-corrected chi connectivity index (χ3v) is 4.58. The number of ether oxygens (including phenoxy) is 2. The van der Waals surface area contributed by atoms with E-state index in [0.29, 0.717) is 6.04 Å². The second-order valence-corrected chi connectivity index (χ2v) is 6.32. The van der Waals surface area contributed by atoms with Gasteiger partial charge in [-0.2, -0.15) is 0 Å². The number of methoxy groups -OCH3 is 2. The van der Waals surface area contributed by atoms with Crippen molar-refractivity contribution < 1.29 is 14.0 Å². The first-order valence-corrected chi connectivity index (χ1v) is 8.65. The van der Waals surface area contributed by atoms with Crippen LogP contribution in [0.25, 0.3) is 0 Å². The second-order valence-electron chi connectivity index (χ2n) is 6.32. The summed E-state index contributed by atoms with van der Waals surface area (Å²) >= 11 is 0. The Kier molecular flexibility index (Phi) is 5.41. The van der Waals surface area contributed by atoms with Crippen molar-refractivity contribution in [3.8, 4) is 11.5 Å². The van der Waals surface area contributed by atoms with Crippen LogP contribution in [0.15, 0.2) is 28.8 Å². The van der Waals surface area contributed by atoms with Gasteiger partial charge in [0.2, 0.25) is 0 Å². The molecule has 0 radical (unpaired) electrons. The Morgan fingerprint density at radius 1 is 1.17 bits per heavy atom. The van der Waals surface area contributed by atoms with Crippen LogP contribution in [0, 0.1) is 0 Å². The summed E-state index contributed by atoms with van der Waals surface area (Å²) in [5, 5.41) is 4.31. The number of hydrogen-bond acceptors (Lipinski definition) is 5. The van der Waals surface area contributed by atoms with Crippen LogP contribution < -0.4 is 9.47 Å². The topological polar surface area (TPSA) is 47.7 Å². The predicted octanol–water partition coefficient (Wildman–Crippen LogP) is 3.98. The van der Waals surface area contributed by atoms with Crippen LogP contribution in [0.5, 0.6) is 11.5 Å². The lowest BCUT2D eigenvalue weighted by Gasteiger charge is -2.23. The maximum absolute atomic E-state index is 5.47. The number of likely N-dealkylation sites (tertiary alicyclic amines) is 1. The summed E-state index contributed by atoms with van der Waals surface area (Å²) in [5.74, 6) is 2.64. The van der Waals surface area contributed by atoms with Crippen molar-refractivity contribution in [1.29, 1.82) is 0 Å². The number of rotatable bonds is 7. The standard InChI is InChI=1S/C19H26N2O3/c1-4-6-15-12-18(20-24-15)19-7-5-8-21(19)13-14-9-16(22-2)11-17(10-14)23-3/h9-12,19H,4-8,13H2,1-3H3/t19-/m1/s1. The summed E-state index contributed by atoms with van der Waals surface area (Å²) in [7, 11) is 3.36. The highest BCUT2D eigenvalue weighted by Gasteiger charge is 2.28. The van der Waals surface area contributed by atoms with Gasteiger partial charge in [-0.1, -0.05) is 12.1 Å². The maximum atomic E-state index is 5.47. The number of aryl methyl sites for hydroxylation is 1. The molecular formula is C19H26N2O3. The van der Waals surface area contributed by atoms with Crippen molar-refractivity contribution in [3.05, 3.63) is 41.3 Å². The molecule has 1 aliphatic rings. The molecule has 0 bridgehead atoms. The van der Waals surface area contributed by atoms with E-state index >= 15 is 0 Å². The van der Waals surface area contributed by atoms with Gasteiger partial charge >= 0.3 is 0 Å². The van der Waals surface area contributed by atoms with Crippen molar-refractivity contribution in [2.45, 2.75) is 45.2 Å². The van der Waals surface area contributed by atoms with Crippen molar-refractivity contribution in [2.24, 2.45) is 0 Å². The van der Waals surface area contributed by atoms with Gasteiger partial charge in [-0.25, -0.2) is 0 Å². The lowest BCUT2D eigenvalue weighted by Crippen LogP contribution is -2.23. The Hall–Kier alpha value is -2.01. The zero-order valence-corrected chi connectivity index (χ0v) is 14.7. The van der Waals surface area contributed by atoms with E-state index in [1.807, 2.05) is 6.07 Å². The van der Waals surface area contributed by atoms with Crippen LogP contribution in [0.4, 0.5) is 0 Å². The lowest BCUT2D eigenvalue weighted by atomic mass is 10.1. The predicted molar refractivity (Wildman–Crippen MR) is 92.4 cm³/mol. The molecule has 1 aromatic heterocycles. The van der Waals surface area contributed by atoms with E-state index in [1.165, 1.54) is 12.0 Å². The van der Waals surface area contributed by atoms with E-state index in [2.05, 4.69) is 35.2 Å². The third-order valence-electron chi connectivity index (χ3n) is 4.58. The molecule has 1 aromatic carbocycles. The zero-order valence-electron chi connectivity index (χ0n) is 14.7. The minimum Gasteiger partial charge on any atom is -0.497 e. The van der Waals surface area contributed by atoms with Crippen molar-refractivity contribution in [3.63, 3.8) is 0 Å². The third kappa shape index (κ3) is 3.73. The second kappa shape index (κ2) is 7.71. The Bertz CT molecular complexity index is 646. The fourth-order valence-electron chi connectivity index (χ4n) is 3.39. The van der Waals surface area contributed by atoms with Crippen LogP contribution in [-0.2, 0) is 13.0 Å². The van der Waals surface area contributed by atoms with Gasteiger partial charge in [-0.15, -0.1) is 0 Å². The molecule has 130 valence electrons. The highest BCUT2D eigenvalue weighted by atomic mass is 16.5. The summed E-state index contributed by atoms with van der Waals surface area (Å²) in [5.41, 5.74) is 2.25. The van der Waals surface area contributed by atoms with Crippen LogP contribution in [0.2, 0.25) is 0 Å². The minimum atomic E-state index is 0.330. The first-order chi connectivity index (χ1) is 11.7. The summed E-state index contributed by atoms with van der Waals surface area (Å²) in [6.45, 7) is 4.08. The molecule has 1 saturated heterocycles. The van der Waals surface area contributed by atoms with Gasteiger partial charge in [-0.05, 0) is 43.5 Å². The molecule has 0 spiro atoms. The molecule has 5 nitrogen and oxygen atoms in total. The molecule has 2 heterocycles. The molecular weight excluding hydrogens is 304 g/mol. The van der Waals surface area contributed by atoms with E-state index in [9.17, 15) is 0 Å². The molecule has 0 saturated carbocycles. The molecule has 0 aliphatic carbocycles. The number of benzene rings is 1. The maximum Gasteiger partial charge on any atom is 0.137 e. The average molecular weight is 330 g/mol. The number of aromatic nitrogens is 1. The summed E-state index contributed by atoms with van der Waals surface area (Å²) in [6, 6.07) is 8.50. The van der Waals surface area contributed by atoms with Crippen LogP contribution in [-0.4, -0.2) is 30.8 Å². The molecule has 0 unspecified atom stereocenters. The van der Waals surface area contributed by atoms with Crippen LogP contribution in [0.1, 0.15) is 49.2 Å². The van der Waals surface area contributed by atoms with Crippen molar-refractivity contribution in [2.75, 3.05) is 20.8 Å². The quantitative estimate of drug-likeness (QED) is 0.768. The Labute approximate surface area is 143 Å². The molecule has 0 N–H and O–H groups in total. The fourth-order valence-corrected chi connectivity index (χ4v) is 3.39. The Morgan fingerprint density at radius 3 is 2.58 bits per heavy atom. The molecule has 3 rings (SSSR count). The minimum absolute atomic E-state index is 0.330. The van der Waals surface area contributed by atoms with Crippen molar-refractivity contribution in [1.82, 2.24) is 10.1 Å². The SMILES string of the molecule is CCCc1cc([C@H]2CCCN2Cc2cc(OC)cc(OC)c2)no1. The summed E-state index contributed by atoms with van der Waals surface area (Å²) in [6.07, 6.45) is 4.33. The van der Waals surface area contributed by atoms with E-state index < -0.39 is 0 Å². The van der Waals surface area contributed by atoms with E-state index in [0.717, 1.165) is 55.3 Å². The number of nitrogens with zero attached hydrogens (tertiary/aromatic N) is 2. The molecule has 1 atom stereocenters. The smallest absolute Gasteiger partial charge is 0.137 e. The molecule has 1 fully saturated rings. The van der Waals surface area contributed by atoms with Gasteiger partial charge in [0, 0.05) is 25.1 Å². The Morgan fingerprint density at radius 2 is 1.92 bits per heavy atom. The normalized spacial score (nSPS) is 18.0. The molecule has 24 heavy (non-hydrogen) atoms. The largest absolute Gasteiger partial charge is 0.497 e. The number of hydrogen-bond donors (Lipinski definition) is 0. The molecule has 1 aliphatic heterocycles. The lowest BCUT2D eigenvalue weighted by molar-refractivity contribution is 0.235. The average Bonchev–Trinajstić information content (AvgIpc) is 3.24. The van der Waals surface area contributed by atoms with Gasteiger partial charge in [0.05, 0.1) is 20.3 Å². The highest BCUT2D eigenvalue weighted by Crippen LogP contribution is 2.34. The molecule has 0 amide bonds. The van der Waals surface area contributed by atoms with Gasteiger partial charge in [0.1, 0.15) is 23.0 Å². The van der Waals surface area contributed by atoms with Gasteiger partial charge in [-0.3, -0.25) is 4.90 Å². The summed E-state index contributed by atoms with van der Waals surface area (Å²) < 4.78 is 16.2. The van der Waals surface area contributed by atoms with Crippen molar-refractivity contribution >= 4 is 0 Å². The van der Waals surface area contributed by atoms with Gasteiger partial charge in [0.25, 0.3) is 0 Å². The first kappa shape index (κ1) is 16.8. The van der Waals surface area contributed by atoms with E-state index in [1.54, 1.807) is 14.2 Å². The zero-order chi connectivity index (χ0) is 16.9. The van der Waals surface area contributed by atoms with E-state index in [-0.39, 0.29) is 0 Å². The highest BCUT2D eigenvalue weighted by molar-refractivity contribution is 5.38. The van der Waals surface area contributed by atoms with Crippen LogP contribution >= 0.6 is 0 Å².